The highest BCUT2D eigenvalue weighted by Gasteiger charge is 2.29. The number of hydrogen-bond acceptors (Lipinski definition) is 6. The van der Waals surface area contributed by atoms with Crippen molar-refractivity contribution in [1.82, 2.24) is 19.7 Å². The van der Waals surface area contributed by atoms with Gasteiger partial charge in [-0.3, -0.25) is 4.90 Å². The molecular weight excluding hydrogens is 320 g/mol. The number of thiazole rings is 1. The number of benzene rings is 1. The maximum absolute atomic E-state index is 5.31. The predicted molar refractivity (Wildman–Crippen MR) is 89.2 cm³/mol. The van der Waals surface area contributed by atoms with Gasteiger partial charge in [0, 0.05) is 6.54 Å². The van der Waals surface area contributed by atoms with Crippen LogP contribution < -0.4 is 0 Å². The summed E-state index contributed by atoms with van der Waals surface area (Å²) in [6, 6.07) is 8.75. The first kappa shape index (κ1) is 13.5. The van der Waals surface area contributed by atoms with Crippen molar-refractivity contribution in [2.24, 2.45) is 0 Å². The molecule has 1 fully saturated rings. The molecule has 4 rings (SSSR count). The lowest BCUT2D eigenvalue weighted by Gasteiger charge is -2.22. The minimum atomic E-state index is 0.394. The van der Waals surface area contributed by atoms with Crippen LogP contribution in [-0.4, -0.2) is 26.2 Å². The molecule has 0 amide bonds. The van der Waals surface area contributed by atoms with Gasteiger partial charge in [-0.15, -0.1) is 11.3 Å². The fraction of sp³-hybridized carbons (Fsp3) is 0.357. The maximum atomic E-state index is 5.31. The van der Waals surface area contributed by atoms with E-state index in [4.69, 9.17) is 17.2 Å². The summed E-state index contributed by atoms with van der Waals surface area (Å²) in [5.41, 5.74) is 2.92. The quantitative estimate of drug-likeness (QED) is 0.676. The van der Waals surface area contributed by atoms with Crippen LogP contribution in [0.15, 0.2) is 29.8 Å². The van der Waals surface area contributed by atoms with Gasteiger partial charge >= 0.3 is 0 Å². The van der Waals surface area contributed by atoms with Gasteiger partial charge in [0.1, 0.15) is 10.5 Å². The lowest BCUT2D eigenvalue weighted by Crippen LogP contribution is -2.26. The Bertz CT molecular complexity index is 786. The van der Waals surface area contributed by atoms with Crippen LogP contribution in [0.1, 0.15) is 23.9 Å². The fourth-order valence-electron chi connectivity index (χ4n) is 2.81. The van der Waals surface area contributed by atoms with Crippen LogP contribution in [0, 0.1) is 3.95 Å². The molecule has 108 valence electrons. The highest BCUT2D eigenvalue weighted by atomic mass is 32.1. The summed E-state index contributed by atoms with van der Waals surface area (Å²) in [4.78, 5) is 7.26. The number of hydrogen-bond donors (Lipinski definition) is 0. The van der Waals surface area contributed by atoms with Crippen molar-refractivity contribution >= 4 is 45.1 Å². The van der Waals surface area contributed by atoms with Crippen LogP contribution in [0.2, 0.25) is 0 Å². The van der Waals surface area contributed by atoms with Crippen molar-refractivity contribution in [2.45, 2.75) is 25.6 Å². The molecule has 0 radical (unpaired) electrons. The van der Waals surface area contributed by atoms with Gasteiger partial charge in [0.15, 0.2) is 3.95 Å². The third-order valence-electron chi connectivity index (χ3n) is 3.83. The van der Waals surface area contributed by atoms with Gasteiger partial charge in [0.2, 0.25) is 0 Å². The Morgan fingerprint density at radius 3 is 3.05 bits per heavy atom. The van der Waals surface area contributed by atoms with Crippen molar-refractivity contribution < 1.29 is 0 Å². The van der Waals surface area contributed by atoms with E-state index in [-0.39, 0.29) is 0 Å². The zero-order valence-corrected chi connectivity index (χ0v) is 13.8. The number of nitrogens with zero attached hydrogens (tertiary/aromatic N) is 4. The minimum Gasteiger partial charge on any atom is -0.275 e. The molecule has 1 aliphatic rings. The average Bonchev–Trinajstić information content (AvgIpc) is 3.19. The summed E-state index contributed by atoms with van der Waals surface area (Å²) in [5, 5.41) is 5.54. The fourth-order valence-corrected chi connectivity index (χ4v) is 4.66. The maximum Gasteiger partial charge on any atom is 0.180 e. The Labute approximate surface area is 135 Å². The highest BCUT2D eigenvalue weighted by Crippen LogP contribution is 2.36. The van der Waals surface area contributed by atoms with E-state index in [9.17, 15) is 0 Å². The van der Waals surface area contributed by atoms with E-state index in [1.165, 1.54) is 27.5 Å². The molecule has 0 unspecified atom stereocenters. The van der Waals surface area contributed by atoms with E-state index in [2.05, 4.69) is 28.2 Å². The number of rotatable bonds is 3. The van der Waals surface area contributed by atoms with Gasteiger partial charge in [-0.05, 0) is 37.2 Å². The Morgan fingerprint density at radius 2 is 2.24 bits per heavy atom. The molecule has 0 aliphatic carbocycles. The summed E-state index contributed by atoms with van der Waals surface area (Å²) in [6.45, 7) is 1.85. The minimum absolute atomic E-state index is 0.394. The SMILES string of the molecule is S=c1scnn1CN1CCC[C@@H]1c1nc2ccccc2s1. The lowest BCUT2D eigenvalue weighted by molar-refractivity contribution is 0.190. The van der Waals surface area contributed by atoms with Crippen LogP contribution in [0.3, 0.4) is 0 Å². The van der Waals surface area contributed by atoms with Crippen LogP contribution in [0.25, 0.3) is 10.2 Å². The highest BCUT2D eigenvalue weighted by molar-refractivity contribution is 7.73. The predicted octanol–water partition coefficient (Wildman–Crippen LogP) is 4.08. The average molecular weight is 334 g/mol. The lowest BCUT2D eigenvalue weighted by atomic mass is 10.2. The first-order chi connectivity index (χ1) is 10.3. The van der Waals surface area contributed by atoms with E-state index < -0.39 is 0 Å². The van der Waals surface area contributed by atoms with Crippen molar-refractivity contribution in [3.05, 3.63) is 38.7 Å². The Hall–Kier alpha value is -1.15. The van der Waals surface area contributed by atoms with E-state index >= 15 is 0 Å². The number of aromatic nitrogens is 3. The van der Waals surface area contributed by atoms with E-state index in [0.29, 0.717) is 6.04 Å². The first-order valence-electron chi connectivity index (χ1n) is 6.91. The van der Waals surface area contributed by atoms with Crippen molar-refractivity contribution in [3.8, 4) is 0 Å². The van der Waals surface area contributed by atoms with Gasteiger partial charge in [0.05, 0.1) is 22.9 Å². The molecule has 1 aromatic carbocycles. The van der Waals surface area contributed by atoms with Crippen LogP contribution in [0.5, 0.6) is 0 Å². The normalized spacial score (nSPS) is 19.5. The summed E-state index contributed by atoms with van der Waals surface area (Å²) in [5.74, 6) is 0. The monoisotopic (exact) mass is 334 g/mol. The summed E-state index contributed by atoms with van der Waals surface area (Å²) in [7, 11) is 0. The van der Waals surface area contributed by atoms with Gasteiger partial charge in [0.25, 0.3) is 0 Å². The number of likely N-dealkylation sites (tertiary alicyclic amines) is 1. The van der Waals surface area contributed by atoms with Crippen LogP contribution in [0.4, 0.5) is 0 Å². The Balaban J connectivity index is 1.63. The number of fused-ring (bicyclic) bond motifs is 1. The van der Waals surface area contributed by atoms with Gasteiger partial charge in [-0.25, -0.2) is 9.67 Å². The molecule has 0 bridgehead atoms. The van der Waals surface area contributed by atoms with Gasteiger partial charge in [-0.1, -0.05) is 23.5 Å². The molecular formula is C14H14N4S3. The molecule has 0 saturated carbocycles. The second-order valence-electron chi connectivity index (χ2n) is 5.14. The van der Waals surface area contributed by atoms with E-state index in [1.54, 1.807) is 0 Å². The van der Waals surface area contributed by atoms with Gasteiger partial charge < -0.3 is 0 Å². The van der Waals surface area contributed by atoms with Crippen molar-refractivity contribution in [2.75, 3.05) is 6.54 Å². The molecule has 3 aromatic rings. The zero-order chi connectivity index (χ0) is 14.2. The molecule has 0 N–H and O–H groups in total. The largest absolute Gasteiger partial charge is 0.275 e. The second kappa shape index (κ2) is 5.57. The third-order valence-corrected chi connectivity index (χ3v) is 6.07. The molecule has 21 heavy (non-hydrogen) atoms. The Kier molecular flexibility index (Phi) is 3.58. The first-order valence-corrected chi connectivity index (χ1v) is 9.02. The van der Waals surface area contributed by atoms with Crippen LogP contribution >= 0.6 is 34.9 Å². The third kappa shape index (κ3) is 2.55. The molecule has 7 heteroatoms. The summed E-state index contributed by atoms with van der Waals surface area (Å²) in [6.07, 6.45) is 2.37. The zero-order valence-electron chi connectivity index (χ0n) is 11.3. The summed E-state index contributed by atoms with van der Waals surface area (Å²) < 4.78 is 4.01. The summed E-state index contributed by atoms with van der Waals surface area (Å²) >= 11 is 8.63. The topological polar surface area (TPSA) is 34.0 Å². The van der Waals surface area contributed by atoms with E-state index in [1.807, 2.05) is 27.6 Å². The van der Waals surface area contributed by atoms with Gasteiger partial charge in [-0.2, -0.15) is 5.10 Å². The molecule has 1 aliphatic heterocycles. The van der Waals surface area contributed by atoms with Crippen molar-refractivity contribution in [3.63, 3.8) is 0 Å². The van der Waals surface area contributed by atoms with Crippen molar-refractivity contribution in [1.29, 1.82) is 0 Å². The molecule has 3 heterocycles. The molecule has 1 atom stereocenters. The molecule has 0 spiro atoms. The Morgan fingerprint density at radius 1 is 1.33 bits per heavy atom. The standard InChI is InChI=1S/C14H14N4S3/c19-14-18(15-8-20-14)9-17-7-3-5-11(17)13-16-10-4-1-2-6-12(10)21-13/h1-2,4,6,8,11H,3,5,7,9H2/t11-/m1/s1. The molecule has 4 nitrogen and oxygen atoms in total. The van der Waals surface area contributed by atoms with E-state index in [0.717, 1.165) is 29.1 Å². The van der Waals surface area contributed by atoms with Crippen LogP contribution in [-0.2, 0) is 6.67 Å². The molecule has 2 aromatic heterocycles. The number of para-hydroxylation sites is 1. The second-order valence-corrected chi connectivity index (χ2v) is 7.68. The molecule has 1 saturated heterocycles. The smallest absolute Gasteiger partial charge is 0.180 e.